The molecule has 0 spiro atoms. The van der Waals surface area contributed by atoms with Crippen LogP contribution in [0.2, 0.25) is 5.02 Å². The lowest BCUT2D eigenvalue weighted by Crippen LogP contribution is -2.31. The first-order chi connectivity index (χ1) is 9.86. The molecule has 1 atom stereocenters. The molecular formula is C14H11ClF4N2. The van der Waals surface area contributed by atoms with Crippen molar-refractivity contribution in [3.63, 3.8) is 0 Å². The lowest BCUT2D eigenvalue weighted by Gasteiger charge is -2.22. The average molecular weight is 319 g/mol. The van der Waals surface area contributed by atoms with Gasteiger partial charge in [-0.05, 0) is 23.8 Å². The minimum atomic E-state index is -4.58. The number of nitrogens with two attached hydrogens (primary N) is 1. The second kappa shape index (κ2) is 6.01. The van der Waals surface area contributed by atoms with Crippen LogP contribution < -0.4 is 11.3 Å². The van der Waals surface area contributed by atoms with Crippen molar-refractivity contribution < 1.29 is 17.6 Å². The van der Waals surface area contributed by atoms with Gasteiger partial charge in [-0.3, -0.25) is 5.84 Å². The molecule has 7 heteroatoms. The normalized spacial score (nSPS) is 13.2. The predicted octanol–water partition coefficient (Wildman–Crippen LogP) is 4.05. The Hall–Kier alpha value is -1.63. The third-order valence-electron chi connectivity index (χ3n) is 3.03. The van der Waals surface area contributed by atoms with Gasteiger partial charge >= 0.3 is 6.18 Å². The van der Waals surface area contributed by atoms with Crippen molar-refractivity contribution in [1.29, 1.82) is 0 Å². The molecule has 0 heterocycles. The summed E-state index contributed by atoms with van der Waals surface area (Å²) in [5, 5.41) is -0.00470. The molecule has 112 valence electrons. The second-order valence-electron chi connectivity index (χ2n) is 4.32. The summed E-state index contributed by atoms with van der Waals surface area (Å²) in [5.41, 5.74) is 0.987. The van der Waals surface area contributed by atoms with Crippen LogP contribution in [0.25, 0.3) is 0 Å². The highest BCUT2D eigenvalue weighted by Gasteiger charge is 2.36. The van der Waals surface area contributed by atoms with E-state index >= 15 is 0 Å². The highest BCUT2D eigenvalue weighted by Crippen LogP contribution is 2.38. The minimum Gasteiger partial charge on any atom is -0.271 e. The third-order valence-corrected chi connectivity index (χ3v) is 3.36. The number of nitrogens with one attached hydrogen (secondary N) is 1. The fourth-order valence-electron chi connectivity index (χ4n) is 2.12. The molecule has 2 nitrogen and oxygen atoms in total. The van der Waals surface area contributed by atoms with E-state index in [4.69, 9.17) is 17.4 Å². The molecule has 0 aliphatic heterocycles. The molecule has 0 radical (unpaired) electrons. The highest BCUT2D eigenvalue weighted by molar-refractivity contribution is 6.31. The van der Waals surface area contributed by atoms with Crippen molar-refractivity contribution in [1.82, 2.24) is 5.43 Å². The second-order valence-corrected chi connectivity index (χ2v) is 4.73. The van der Waals surface area contributed by atoms with Gasteiger partial charge in [-0.1, -0.05) is 35.9 Å². The molecular weight excluding hydrogens is 308 g/mol. The van der Waals surface area contributed by atoms with E-state index in [0.29, 0.717) is 0 Å². The van der Waals surface area contributed by atoms with Gasteiger partial charge in [0.2, 0.25) is 0 Å². The van der Waals surface area contributed by atoms with Crippen LogP contribution in [0.3, 0.4) is 0 Å². The van der Waals surface area contributed by atoms with E-state index in [9.17, 15) is 17.6 Å². The SMILES string of the molecule is NNC(c1ccccc1C(F)(F)F)c1c(F)cccc1Cl. The molecule has 21 heavy (non-hydrogen) atoms. The van der Waals surface area contributed by atoms with Gasteiger partial charge in [0.1, 0.15) is 5.82 Å². The summed E-state index contributed by atoms with van der Waals surface area (Å²) in [6, 6.07) is 7.47. The third kappa shape index (κ3) is 3.18. The van der Waals surface area contributed by atoms with Gasteiger partial charge in [0.05, 0.1) is 11.6 Å². The van der Waals surface area contributed by atoms with Gasteiger partial charge < -0.3 is 0 Å². The van der Waals surface area contributed by atoms with Gasteiger partial charge in [0.25, 0.3) is 0 Å². The van der Waals surface area contributed by atoms with Crippen LogP contribution in [0.5, 0.6) is 0 Å². The molecule has 2 aromatic rings. The summed E-state index contributed by atoms with van der Waals surface area (Å²) in [7, 11) is 0. The summed E-state index contributed by atoms with van der Waals surface area (Å²) in [5.74, 6) is 4.61. The predicted molar refractivity (Wildman–Crippen MR) is 72.0 cm³/mol. The maximum absolute atomic E-state index is 13.9. The Bertz CT molecular complexity index is 623. The lowest BCUT2D eigenvalue weighted by molar-refractivity contribution is -0.138. The van der Waals surface area contributed by atoms with Crippen LogP contribution in [-0.2, 0) is 6.18 Å². The molecule has 1 unspecified atom stereocenters. The van der Waals surface area contributed by atoms with Crippen molar-refractivity contribution in [2.45, 2.75) is 12.2 Å². The number of benzene rings is 2. The Morgan fingerprint density at radius 3 is 2.29 bits per heavy atom. The molecule has 0 aliphatic rings. The molecule has 0 bridgehead atoms. The zero-order chi connectivity index (χ0) is 15.6. The van der Waals surface area contributed by atoms with Crippen molar-refractivity contribution >= 4 is 11.6 Å². The van der Waals surface area contributed by atoms with E-state index < -0.39 is 23.6 Å². The highest BCUT2D eigenvalue weighted by atomic mass is 35.5. The summed E-state index contributed by atoms with van der Waals surface area (Å²) in [4.78, 5) is 0. The number of rotatable bonds is 3. The Kier molecular flexibility index (Phi) is 4.51. The van der Waals surface area contributed by atoms with Gasteiger partial charge in [-0.25, -0.2) is 9.82 Å². The molecule has 0 fully saturated rings. The van der Waals surface area contributed by atoms with Crippen LogP contribution in [0, 0.1) is 5.82 Å². The molecule has 0 amide bonds. The quantitative estimate of drug-likeness (QED) is 0.509. The van der Waals surface area contributed by atoms with Crippen molar-refractivity contribution in [3.8, 4) is 0 Å². The number of halogens is 5. The smallest absolute Gasteiger partial charge is 0.271 e. The number of hydrogen-bond acceptors (Lipinski definition) is 2. The Morgan fingerprint density at radius 1 is 1.05 bits per heavy atom. The van der Waals surface area contributed by atoms with Crippen LogP contribution >= 0.6 is 11.6 Å². The summed E-state index contributed by atoms with van der Waals surface area (Å²) >= 11 is 5.90. The first-order valence-corrected chi connectivity index (χ1v) is 6.30. The largest absolute Gasteiger partial charge is 0.416 e. The molecule has 2 rings (SSSR count). The van der Waals surface area contributed by atoms with Gasteiger partial charge in [-0.15, -0.1) is 0 Å². The van der Waals surface area contributed by atoms with Crippen molar-refractivity contribution in [2.24, 2.45) is 5.84 Å². The summed E-state index contributed by atoms with van der Waals surface area (Å²) in [6.45, 7) is 0. The Morgan fingerprint density at radius 2 is 1.71 bits per heavy atom. The molecule has 0 aromatic heterocycles. The van der Waals surface area contributed by atoms with Crippen molar-refractivity contribution in [2.75, 3.05) is 0 Å². The van der Waals surface area contributed by atoms with E-state index in [0.717, 1.165) is 12.1 Å². The average Bonchev–Trinajstić information content (AvgIpc) is 2.42. The van der Waals surface area contributed by atoms with Crippen molar-refractivity contribution in [3.05, 3.63) is 70.0 Å². The van der Waals surface area contributed by atoms with Gasteiger partial charge in [0, 0.05) is 10.6 Å². The monoisotopic (exact) mass is 318 g/mol. The lowest BCUT2D eigenvalue weighted by atomic mass is 9.94. The maximum atomic E-state index is 13.9. The maximum Gasteiger partial charge on any atom is 0.416 e. The zero-order valence-electron chi connectivity index (χ0n) is 10.6. The Balaban J connectivity index is 2.63. The molecule has 3 N–H and O–H groups in total. The van der Waals surface area contributed by atoms with E-state index in [1.165, 1.54) is 30.3 Å². The first-order valence-electron chi connectivity index (χ1n) is 5.92. The van der Waals surface area contributed by atoms with E-state index in [-0.39, 0.29) is 16.1 Å². The first kappa shape index (κ1) is 15.8. The Labute approximate surface area is 123 Å². The summed E-state index contributed by atoms with van der Waals surface area (Å²) < 4.78 is 53.1. The molecule has 0 saturated carbocycles. The van der Waals surface area contributed by atoms with Gasteiger partial charge in [-0.2, -0.15) is 13.2 Å². The fraction of sp³-hybridized carbons (Fsp3) is 0.143. The minimum absolute atomic E-state index is 0.00470. The molecule has 0 saturated heterocycles. The zero-order valence-corrected chi connectivity index (χ0v) is 11.3. The summed E-state index contributed by atoms with van der Waals surface area (Å²) in [6.07, 6.45) is -4.58. The number of hydrogen-bond donors (Lipinski definition) is 2. The topological polar surface area (TPSA) is 38.0 Å². The van der Waals surface area contributed by atoms with Crippen LogP contribution in [0.4, 0.5) is 17.6 Å². The fourth-order valence-corrected chi connectivity index (χ4v) is 2.39. The van der Waals surface area contributed by atoms with E-state index in [1.807, 2.05) is 0 Å². The van der Waals surface area contributed by atoms with E-state index in [2.05, 4.69) is 5.43 Å². The number of hydrazine groups is 1. The van der Waals surface area contributed by atoms with E-state index in [1.54, 1.807) is 0 Å². The molecule has 2 aromatic carbocycles. The van der Waals surface area contributed by atoms with Gasteiger partial charge in [0.15, 0.2) is 0 Å². The standard InChI is InChI=1S/C14H11ClF4N2/c15-10-6-3-7-11(16)12(10)13(21-20)8-4-1-2-5-9(8)14(17,18)19/h1-7,13,21H,20H2. The molecule has 0 aliphatic carbocycles. The van der Waals surface area contributed by atoms with Crippen LogP contribution in [0.1, 0.15) is 22.7 Å². The van der Waals surface area contributed by atoms with Crippen LogP contribution in [0.15, 0.2) is 42.5 Å². The van der Waals surface area contributed by atoms with Crippen LogP contribution in [-0.4, -0.2) is 0 Å². The number of alkyl halides is 3.